The van der Waals surface area contributed by atoms with E-state index in [9.17, 15) is 18.3 Å². The van der Waals surface area contributed by atoms with Crippen LogP contribution in [-0.2, 0) is 21.2 Å². The molecule has 0 radical (unpaired) electrons. The van der Waals surface area contributed by atoms with E-state index >= 15 is 0 Å². The zero-order valence-electron chi connectivity index (χ0n) is 11.5. The fraction of sp³-hybridized carbons (Fsp3) is 0.333. The van der Waals surface area contributed by atoms with Gasteiger partial charge >= 0.3 is 5.97 Å². The molecule has 2 rings (SSSR count). The number of imidazole rings is 1. The van der Waals surface area contributed by atoms with Crippen LogP contribution < -0.4 is 4.72 Å². The number of carbonyl (C=O) groups is 1. The van der Waals surface area contributed by atoms with E-state index in [2.05, 4.69) is 14.7 Å². The Morgan fingerprint density at radius 2 is 2.24 bits per heavy atom. The molecule has 21 heavy (non-hydrogen) atoms. The molecule has 3 N–H and O–H groups in total. The van der Waals surface area contributed by atoms with Crippen LogP contribution in [0, 0.1) is 13.8 Å². The molecule has 0 amide bonds. The normalized spacial score (nSPS) is 13.2. The third kappa shape index (κ3) is 3.69. The highest BCUT2D eigenvalue weighted by atomic mass is 32.2. The molecule has 0 fully saturated rings. The molecule has 2 aromatic heterocycles. The molecule has 0 aliphatic heterocycles. The van der Waals surface area contributed by atoms with Gasteiger partial charge in [-0.2, -0.15) is 4.72 Å². The van der Waals surface area contributed by atoms with Crippen molar-refractivity contribution >= 4 is 27.3 Å². The second-order valence-electron chi connectivity index (χ2n) is 4.57. The molecule has 7 nitrogen and oxygen atoms in total. The summed E-state index contributed by atoms with van der Waals surface area (Å²) in [7, 11) is -3.87. The predicted molar refractivity (Wildman–Crippen MR) is 77.8 cm³/mol. The van der Waals surface area contributed by atoms with Crippen LogP contribution in [0.1, 0.15) is 15.4 Å². The van der Waals surface area contributed by atoms with E-state index in [4.69, 9.17) is 0 Å². The van der Waals surface area contributed by atoms with Crippen LogP contribution in [0.25, 0.3) is 0 Å². The highest BCUT2D eigenvalue weighted by Gasteiger charge is 2.27. The van der Waals surface area contributed by atoms with Crippen molar-refractivity contribution < 1.29 is 18.3 Å². The molecule has 0 unspecified atom stereocenters. The van der Waals surface area contributed by atoms with Gasteiger partial charge in [0.25, 0.3) is 0 Å². The minimum Gasteiger partial charge on any atom is -0.480 e. The van der Waals surface area contributed by atoms with Crippen molar-refractivity contribution in [3.8, 4) is 0 Å². The van der Waals surface area contributed by atoms with Crippen molar-refractivity contribution in [1.82, 2.24) is 14.7 Å². The largest absolute Gasteiger partial charge is 0.480 e. The average Bonchev–Trinajstić information content (AvgIpc) is 2.98. The molecule has 0 bridgehead atoms. The SMILES string of the molecule is Cc1cc(S(=O)(=O)N[C@H](Cc2cnc[nH]2)C(=O)O)c(C)s1. The van der Waals surface area contributed by atoms with Crippen LogP contribution in [0.2, 0.25) is 0 Å². The summed E-state index contributed by atoms with van der Waals surface area (Å²) < 4.78 is 26.9. The van der Waals surface area contributed by atoms with E-state index in [1.54, 1.807) is 13.8 Å². The van der Waals surface area contributed by atoms with Crippen molar-refractivity contribution in [2.45, 2.75) is 31.2 Å². The number of hydrogen-bond donors (Lipinski definition) is 3. The molecule has 114 valence electrons. The molecule has 0 aliphatic carbocycles. The van der Waals surface area contributed by atoms with E-state index in [-0.39, 0.29) is 11.3 Å². The number of aromatic nitrogens is 2. The van der Waals surface area contributed by atoms with Crippen LogP contribution in [0.4, 0.5) is 0 Å². The van der Waals surface area contributed by atoms with Gasteiger partial charge in [0.1, 0.15) is 6.04 Å². The van der Waals surface area contributed by atoms with E-state index in [0.717, 1.165) is 4.88 Å². The molecule has 9 heteroatoms. The lowest BCUT2D eigenvalue weighted by Gasteiger charge is -2.13. The molecule has 0 saturated heterocycles. The Morgan fingerprint density at radius 1 is 1.52 bits per heavy atom. The Hall–Kier alpha value is -1.71. The number of sulfonamides is 1. The number of carboxylic acid groups (broad SMARTS) is 1. The zero-order valence-corrected chi connectivity index (χ0v) is 13.1. The number of nitrogens with zero attached hydrogens (tertiary/aromatic N) is 1. The Balaban J connectivity index is 2.23. The highest BCUT2D eigenvalue weighted by Crippen LogP contribution is 2.25. The predicted octanol–water partition coefficient (Wildman–Crippen LogP) is 1.06. The molecule has 2 aromatic rings. The Kier molecular flexibility index (Phi) is 4.45. The lowest BCUT2D eigenvalue weighted by atomic mass is 10.2. The zero-order chi connectivity index (χ0) is 15.6. The average molecular weight is 329 g/mol. The number of carboxylic acids is 1. The lowest BCUT2D eigenvalue weighted by molar-refractivity contribution is -0.138. The second kappa shape index (κ2) is 5.96. The first-order valence-corrected chi connectivity index (χ1v) is 8.39. The van der Waals surface area contributed by atoms with Gasteiger partial charge < -0.3 is 10.1 Å². The van der Waals surface area contributed by atoms with Crippen LogP contribution in [0.3, 0.4) is 0 Å². The smallest absolute Gasteiger partial charge is 0.322 e. The van der Waals surface area contributed by atoms with Gasteiger partial charge in [0.15, 0.2) is 0 Å². The van der Waals surface area contributed by atoms with E-state index in [1.807, 2.05) is 0 Å². The minimum atomic E-state index is -3.87. The Labute approximate surface area is 126 Å². The molecule has 0 aromatic carbocycles. The summed E-state index contributed by atoms with van der Waals surface area (Å²) in [5, 5.41) is 9.20. The molecular formula is C12H15N3O4S2. The number of aryl methyl sites for hydroxylation is 2. The van der Waals surface area contributed by atoms with Crippen molar-refractivity contribution in [3.05, 3.63) is 34.0 Å². The van der Waals surface area contributed by atoms with E-state index in [0.29, 0.717) is 10.6 Å². The van der Waals surface area contributed by atoms with Crippen molar-refractivity contribution in [1.29, 1.82) is 0 Å². The first kappa shape index (κ1) is 15.7. The van der Waals surface area contributed by atoms with E-state index in [1.165, 1.54) is 29.9 Å². The summed E-state index contributed by atoms with van der Waals surface area (Å²) in [6.07, 6.45) is 2.87. The fourth-order valence-corrected chi connectivity index (χ4v) is 4.66. The minimum absolute atomic E-state index is 0.00324. The molecule has 0 aliphatic rings. The van der Waals surface area contributed by atoms with Crippen LogP contribution in [0.15, 0.2) is 23.5 Å². The maximum atomic E-state index is 12.3. The third-order valence-electron chi connectivity index (χ3n) is 2.86. The van der Waals surface area contributed by atoms with Gasteiger partial charge in [0, 0.05) is 28.1 Å². The highest BCUT2D eigenvalue weighted by molar-refractivity contribution is 7.89. The van der Waals surface area contributed by atoms with Gasteiger partial charge in [-0.15, -0.1) is 11.3 Å². The Bertz CT molecular complexity index is 735. The number of H-pyrrole nitrogens is 1. The maximum Gasteiger partial charge on any atom is 0.322 e. The summed E-state index contributed by atoms with van der Waals surface area (Å²) >= 11 is 1.35. The topological polar surface area (TPSA) is 112 Å². The van der Waals surface area contributed by atoms with Gasteiger partial charge in [0.2, 0.25) is 10.0 Å². The number of hydrogen-bond acceptors (Lipinski definition) is 5. The second-order valence-corrected chi connectivity index (χ2v) is 7.71. The van der Waals surface area contributed by atoms with Crippen LogP contribution in [-0.4, -0.2) is 35.5 Å². The summed E-state index contributed by atoms with van der Waals surface area (Å²) in [6, 6.07) is 0.285. The molecule has 0 saturated carbocycles. The maximum absolute atomic E-state index is 12.3. The Morgan fingerprint density at radius 3 is 2.71 bits per heavy atom. The molecule has 2 heterocycles. The summed E-state index contributed by atoms with van der Waals surface area (Å²) in [6.45, 7) is 3.49. The van der Waals surface area contributed by atoms with Crippen LogP contribution in [0.5, 0.6) is 0 Å². The van der Waals surface area contributed by atoms with Gasteiger partial charge in [0.05, 0.1) is 11.2 Å². The number of rotatable bonds is 6. The monoisotopic (exact) mass is 329 g/mol. The van der Waals surface area contributed by atoms with Crippen molar-refractivity contribution in [2.24, 2.45) is 0 Å². The molecule has 0 spiro atoms. The number of aromatic amines is 1. The van der Waals surface area contributed by atoms with Gasteiger partial charge in [-0.25, -0.2) is 13.4 Å². The van der Waals surface area contributed by atoms with Crippen LogP contribution >= 0.6 is 11.3 Å². The third-order valence-corrected chi connectivity index (χ3v) is 5.55. The van der Waals surface area contributed by atoms with Crippen molar-refractivity contribution in [2.75, 3.05) is 0 Å². The fourth-order valence-electron chi connectivity index (χ4n) is 1.92. The van der Waals surface area contributed by atoms with E-state index < -0.39 is 22.0 Å². The summed E-state index contributed by atoms with van der Waals surface area (Å²) in [5.74, 6) is -1.24. The summed E-state index contributed by atoms with van der Waals surface area (Å²) in [5.41, 5.74) is 0.545. The standard InChI is InChI=1S/C12H15N3O4S2/c1-7-3-11(8(2)20-7)21(18,19)15-10(12(16)17)4-9-5-13-6-14-9/h3,5-6,10,15H,4H2,1-2H3,(H,13,14)(H,16,17)/t10-/m1/s1. The first-order chi connectivity index (χ1) is 9.79. The van der Waals surface area contributed by atoms with Gasteiger partial charge in [-0.05, 0) is 19.9 Å². The lowest BCUT2D eigenvalue weighted by Crippen LogP contribution is -2.42. The quantitative estimate of drug-likeness (QED) is 0.733. The number of thiophene rings is 1. The molecule has 1 atom stereocenters. The first-order valence-electron chi connectivity index (χ1n) is 6.09. The summed E-state index contributed by atoms with van der Waals surface area (Å²) in [4.78, 5) is 19.4. The van der Waals surface area contributed by atoms with Crippen molar-refractivity contribution in [3.63, 3.8) is 0 Å². The van der Waals surface area contributed by atoms with Gasteiger partial charge in [-0.1, -0.05) is 0 Å². The number of nitrogens with one attached hydrogen (secondary N) is 2. The van der Waals surface area contributed by atoms with Gasteiger partial charge in [-0.3, -0.25) is 4.79 Å². The number of aliphatic carboxylic acids is 1. The molecular weight excluding hydrogens is 314 g/mol.